The van der Waals surface area contributed by atoms with Crippen LogP contribution < -0.4 is 0 Å². The maximum Gasteiger partial charge on any atom is 0.346 e. The molecule has 1 N–H and O–H groups in total. The fraction of sp³-hybridized carbons (Fsp3) is 0.280. The predicted octanol–water partition coefficient (Wildman–Crippen LogP) is 14.0. The van der Waals surface area contributed by atoms with Gasteiger partial charge in [0.05, 0.1) is 20.9 Å². The lowest BCUT2D eigenvalue weighted by atomic mass is 9.99. The maximum absolute atomic E-state index is 14.3. The van der Waals surface area contributed by atoms with Gasteiger partial charge >= 0.3 is 5.97 Å². The van der Waals surface area contributed by atoms with E-state index in [4.69, 9.17) is 0 Å². The van der Waals surface area contributed by atoms with E-state index in [2.05, 4.69) is 79.9 Å². The number of para-hydroxylation sites is 1. The van der Waals surface area contributed by atoms with Crippen LogP contribution in [0.3, 0.4) is 0 Å². The van der Waals surface area contributed by atoms with Crippen LogP contribution in [0.2, 0.25) is 0 Å². The van der Waals surface area contributed by atoms with Crippen LogP contribution in [0.5, 0.6) is 0 Å². The normalized spacial score (nSPS) is 13.4. The van der Waals surface area contributed by atoms with Crippen LogP contribution in [0, 0.1) is 17.2 Å². The van der Waals surface area contributed by atoms with Gasteiger partial charge in [-0.2, -0.15) is 5.26 Å². The average Bonchev–Trinajstić information content (AvgIpc) is 4.11. The molecule has 8 rings (SSSR count). The lowest BCUT2D eigenvalue weighted by molar-refractivity contribution is -0.132. The SMILES string of the molecule is CCCCCCN1C(=O)c2c(-c3ccc(-c4ccc(/C=C(\C#N)C(=O)O)cc4)s3)sc(-c3ccc(-c4ccc5c(c4)c4ccccc4n5CC(CC)CCCC)s3)c2C1=O. The van der Waals surface area contributed by atoms with E-state index in [9.17, 15) is 24.8 Å². The van der Waals surface area contributed by atoms with Crippen molar-refractivity contribution in [3.8, 4) is 46.5 Å². The van der Waals surface area contributed by atoms with Crippen molar-refractivity contribution in [2.45, 2.75) is 78.7 Å². The van der Waals surface area contributed by atoms with Gasteiger partial charge in [0.1, 0.15) is 11.6 Å². The minimum atomic E-state index is -1.27. The Morgan fingerprint density at radius 3 is 1.97 bits per heavy atom. The number of rotatable bonds is 17. The third-order valence-corrected chi connectivity index (χ3v) is 15.4. The van der Waals surface area contributed by atoms with Gasteiger partial charge in [-0.15, -0.1) is 34.0 Å². The number of hydrogen-bond acceptors (Lipinski definition) is 7. The summed E-state index contributed by atoms with van der Waals surface area (Å²) in [6.07, 6.45) is 10.1. The van der Waals surface area contributed by atoms with Gasteiger partial charge in [0.2, 0.25) is 0 Å². The number of carboxylic acid groups (broad SMARTS) is 1. The highest BCUT2D eigenvalue weighted by molar-refractivity contribution is 7.28. The van der Waals surface area contributed by atoms with Crippen LogP contribution >= 0.6 is 34.0 Å². The fourth-order valence-corrected chi connectivity index (χ4v) is 11.8. The van der Waals surface area contributed by atoms with Crippen molar-refractivity contribution in [1.29, 1.82) is 5.26 Å². The molecule has 0 radical (unpaired) electrons. The Kier molecular flexibility index (Phi) is 12.3. The van der Waals surface area contributed by atoms with E-state index in [-0.39, 0.29) is 17.4 Å². The monoisotopic (exact) mass is 849 g/mol. The molecule has 0 bridgehead atoms. The van der Waals surface area contributed by atoms with E-state index in [1.54, 1.807) is 40.9 Å². The van der Waals surface area contributed by atoms with Gasteiger partial charge in [-0.3, -0.25) is 14.5 Å². The number of carbonyl (C=O) groups is 3. The highest BCUT2D eigenvalue weighted by atomic mass is 32.1. The number of fused-ring (bicyclic) bond motifs is 4. The van der Waals surface area contributed by atoms with Crippen molar-refractivity contribution in [2.75, 3.05) is 6.54 Å². The van der Waals surface area contributed by atoms with Crippen molar-refractivity contribution >= 4 is 79.7 Å². The largest absolute Gasteiger partial charge is 0.477 e. The molecule has 60 heavy (non-hydrogen) atoms. The predicted molar refractivity (Wildman–Crippen MR) is 249 cm³/mol. The number of unbranched alkanes of at least 4 members (excludes halogenated alkanes) is 4. The molecule has 10 heteroatoms. The number of aliphatic carboxylic acids is 1. The molecule has 1 aliphatic heterocycles. The first-order chi connectivity index (χ1) is 29.2. The molecule has 1 atom stereocenters. The maximum atomic E-state index is 14.3. The van der Waals surface area contributed by atoms with Gasteiger partial charge in [0, 0.05) is 54.4 Å². The zero-order valence-electron chi connectivity index (χ0n) is 34.1. The van der Waals surface area contributed by atoms with Crippen LogP contribution in [0.1, 0.15) is 98.4 Å². The summed E-state index contributed by atoms with van der Waals surface area (Å²) in [5.74, 6) is -1.07. The Hall–Kier alpha value is -5.60. The number of thiophene rings is 3. The summed E-state index contributed by atoms with van der Waals surface area (Å²) in [5, 5.41) is 21.0. The number of amides is 2. The lowest BCUT2D eigenvalue weighted by Crippen LogP contribution is -2.31. The number of carboxylic acids is 1. The summed E-state index contributed by atoms with van der Waals surface area (Å²) in [7, 11) is 0. The van der Waals surface area contributed by atoms with Crippen LogP contribution in [-0.2, 0) is 11.3 Å². The second kappa shape index (κ2) is 17.9. The van der Waals surface area contributed by atoms with Gasteiger partial charge in [-0.1, -0.05) is 108 Å². The third-order valence-electron chi connectivity index (χ3n) is 11.6. The number of imide groups is 1. The minimum Gasteiger partial charge on any atom is -0.477 e. The molecule has 7 aromatic rings. The number of benzene rings is 3. The summed E-state index contributed by atoms with van der Waals surface area (Å²) in [6.45, 7) is 8.13. The van der Waals surface area contributed by atoms with E-state index in [1.165, 1.54) is 63.4 Å². The Balaban J connectivity index is 1.15. The fourth-order valence-electron chi connectivity index (χ4n) is 8.31. The third kappa shape index (κ3) is 7.90. The highest BCUT2D eigenvalue weighted by Crippen LogP contribution is 2.51. The number of aromatic nitrogens is 1. The molecular formula is C50H47N3O4S3. The summed E-state index contributed by atoms with van der Waals surface area (Å²) < 4.78 is 2.52. The molecule has 0 saturated carbocycles. The Morgan fingerprint density at radius 1 is 0.717 bits per heavy atom. The molecule has 7 nitrogen and oxygen atoms in total. The molecule has 304 valence electrons. The van der Waals surface area contributed by atoms with Crippen molar-refractivity contribution < 1.29 is 19.5 Å². The Labute approximate surface area is 362 Å². The minimum absolute atomic E-state index is 0.212. The highest BCUT2D eigenvalue weighted by Gasteiger charge is 2.42. The summed E-state index contributed by atoms with van der Waals surface area (Å²) in [4.78, 5) is 46.9. The Bertz CT molecular complexity index is 2810. The molecule has 1 unspecified atom stereocenters. The van der Waals surface area contributed by atoms with E-state index in [1.807, 2.05) is 24.3 Å². The van der Waals surface area contributed by atoms with Gasteiger partial charge in [0.15, 0.2) is 0 Å². The molecule has 4 aromatic heterocycles. The summed E-state index contributed by atoms with van der Waals surface area (Å²) in [5.41, 5.74) is 5.87. The van der Waals surface area contributed by atoms with E-state index < -0.39 is 5.97 Å². The van der Waals surface area contributed by atoms with Crippen LogP contribution in [0.25, 0.3) is 68.3 Å². The van der Waals surface area contributed by atoms with Crippen molar-refractivity contribution in [2.24, 2.45) is 5.92 Å². The van der Waals surface area contributed by atoms with Crippen LogP contribution in [0.4, 0.5) is 0 Å². The number of carbonyl (C=O) groups excluding carboxylic acids is 2. The first-order valence-corrected chi connectivity index (χ1v) is 23.4. The molecule has 0 fully saturated rings. The summed E-state index contributed by atoms with van der Waals surface area (Å²) in [6, 6.07) is 32.9. The van der Waals surface area contributed by atoms with Gasteiger partial charge in [-0.25, -0.2) is 4.79 Å². The molecule has 0 aliphatic carbocycles. The number of hydrogen-bond donors (Lipinski definition) is 1. The zero-order valence-corrected chi connectivity index (χ0v) is 36.6. The van der Waals surface area contributed by atoms with E-state index in [0.29, 0.717) is 29.2 Å². The van der Waals surface area contributed by atoms with Crippen molar-refractivity contribution in [3.63, 3.8) is 0 Å². The molecule has 3 aromatic carbocycles. The van der Waals surface area contributed by atoms with Gasteiger partial charge in [0.25, 0.3) is 11.8 Å². The molecule has 2 amide bonds. The van der Waals surface area contributed by atoms with E-state index in [0.717, 1.165) is 79.0 Å². The molecule has 0 saturated heterocycles. The number of nitriles is 1. The zero-order chi connectivity index (χ0) is 41.9. The topological polar surface area (TPSA) is 103 Å². The summed E-state index contributed by atoms with van der Waals surface area (Å²) >= 11 is 4.73. The van der Waals surface area contributed by atoms with Crippen molar-refractivity contribution in [3.05, 3.63) is 113 Å². The van der Waals surface area contributed by atoms with Crippen LogP contribution in [0.15, 0.2) is 96.6 Å². The lowest BCUT2D eigenvalue weighted by Gasteiger charge is -2.17. The molecule has 1 aliphatic rings. The second-order valence-electron chi connectivity index (χ2n) is 15.5. The van der Waals surface area contributed by atoms with Crippen molar-refractivity contribution in [1.82, 2.24) is 9.47 Å². The number of nitrogens with zero attached hydrogens (tertiary/aromatic N) is 3. The standard InChI is InChI=1S/C50H47N3O4S3/c1-4-7-9-12-26-52-48(54)44-45(49(52)55)47(60-46(44)42-24-22-40(58-42)33-18-16-32(17-19-33)27-35(29-51)50(56)57)43-25-23-41(59-43)34-20-21-39-37(28-34)36-14-10-11-15-38(36)53(39)30-31(6-3)13-8-5-2/h10-11,14-25,27-28,31H,4-9,12-13,26,30H2,1-3H3,(H,56,57)/b35-27+. The second-order valence-corrected chi connectivity index (χ2v) is 18.7. The first-order valence-electron chi connectivity index (χ1n) is 20.9. The van der Waals surface area contributed by atoms with Gasteiger partial charge < -0.3 is 9.67 Å². The quantitative estimate of drug-likeness (QED) is 0.0425. The molecule has 0 spiro atoms. The molecular weight excluding hydrogens is 803 g/mol. The van der Waals surface area contributed by atoms with Gasteiger partial charge in [-0.05, 0) is 84.0 Å². The van der Waals surface area contributed by atoms with E-state index >= 15 is 0 Å². The smallest absolute Gasteiger partial charge is 0.346 e. The van der Waals surface area contributed by atoms with Crippen LogP contribution in [-0.4, -0.2) is 38.9 Å². The first kappa shape index (κ1) is 41.1. The Morgan fingerprint density at radius 2 is 1.33 bits per heavy atom. The average molecular weight is 850 g/mol. The molecule has 5 heterocycles.